The average molecular weight is 303 g/mol. The van der Waals surface area contributed by atoms with Crippen molar-refractivity contribution < 1.29 is 19.0 Å². The normalized spacial score (nSPS) is 11.8. The standard InChI is InChI=1S/C17H18FNO3/c1-2-22-15-8-4-7-14(10-15)19-17(21)11-16(20)12-5-3-6-13(18)9-12/h3-10,16,20H,2,11H2,1H3,(H,19,21). The number of aliphatic hydroxyl groups excluding tert-OH is 1. The van der Waals surface area contributed by atoms with E-state index in [-0.39, 0.29) is 12.3 Å². The van der Waals surface area contributed by atoms with Crippen molar-refractivity contribution in [1.82, 2.24) is 0 Å². The summed E-state index contributed by atoms with van der Waals surface area (Å²) in [6, 6.07) is 12.6. The van der Waals surface area contributed by atoms with E-state index in [4.69, 9.17) is 4.74 Å². The first-order valence-corrected chi connectivity index (χ1v) is 7.04. The summed E-state index contributed by atoms with van der Waals surface area (Å²) in [6.45, 7) is 2.41. The monoisotopic (exact) mass is 303 g/mol. The minimum Gasteiger partial charge on any atom is -0.494 e. The van der Waals surface area contributed by atoms with Crippen LogP contribution in [-0.2, 0) is 4.79 Å². The van der Waals surface area contributed by atoms with E-state index in [0.717, 1.165) is 0 Å². The summed E-state index contributed by atoms with van der Waals surface area (Å²) in [5, 5.41) is 12.7. The Balaban J connectivity index is 1.96. The number of halogens is 1. The highest BCUT2D eigenvalue weighted by Crippen LogP contribution is 2.20. The summed E-state index contributed by atoms with van der Waals surface area (Å²) < 4.78 is 18.5. The SMILES string of the molecule is CCOc1cccc(NC(=O)CC(O)c2cccc(F)c2)c1. The maximum atomic E-state index is 13.1. The van der Waals surface area contributed by atoms with Crippen LogP contribution < -0.4 is 10.1 Å². The van der Waals surface area contributed by atoms with Crippen molar-refractivity contribution in [3.63, 3.8) is 0 Å². The fraction of sp³-hybridized carbons (Fsp3) is 0.235. The number of amides is 1. The van der Waals surface area contributed by atoms with Gasteiger partial charge in [-0.1, -0.05) is 18.2 Å². The molecule has 2 aromatic rings. The van der Waals surface area contributed by atoms with E-state index >= 15 is 0 Å². The number of aliphatic hydroxyl groups is 1. The smallest absolute Gasteiger partial charge is 0.227 e. The third-order valence-corrected chi connectivity index (χ3v) is 3.04. The molecule has 2 N–H and O–H groups in total. The zero-order valence-electron chi connectivity index (χ0n) is 12.3. The molecule has 22 heavy (non-hydrogen) atoms. The predicted octanol–water partition coefficient (Wildman–Crippen LogP) is 3.29. The Labute approximate surface area is 128 Å². The quantitative estimate of drug-likeness (QED) is 0.861. The summed E-state index contributed by atoms with van der Waals surface area (Å²) >= 11 is 0. The fourth-order valence-electron chi connectivity index (χ4n) is 2.05. The molecule has 0 aromatic heterocycles. The largest absolute Gasteiger partial charge is 0.494 e. The van der Waals surface area contributed by atoms with Crippen molar-refractivity contribution in [3.8, 4) is 5.75 Å². The second-order valence-electron chi connectivity index (χ2n) is 4.78. The van der Waals surface area contributed by atoms with Crippen LogP contribution in [0, 0.1) is 5.82 Å². The van der Waals surface area contributed by atoms with Crippen LogP contribution in [-0.4, -0.2) is 17.6 Å². The minimum atomic E-state index is -1.05. The van der Waals surface area contributed by atoms with Gasteiger partial charge in [0.05, 0.1) is 19.1 Å². The Hall–Kier alpha value is -2.40. The van der Waals surface area contributed by atoms with Crippen LogP contribution in [0.1, 0.15) is 25.0 Å². The third-order valence-electron chi connectivity index (χ3n) is 3.04. The van der Waals surface area contributed by atoms with Gasteiger partial charge in [0.2, 0.25) is 5.91 Å². The number of nitrogens with one attached hydrogen (secondary N) is 1. The summed E-state index contributed by atoms with van der Waals surface area (Å²) in [5.74, 6) is -0.141. The molecule has 4 nitrogen and oxygen atoms in total. The maximum Gasteiger partial charge on any atom is 0.227 e. The Morgan fingerprint density at radius 2 is 2.05 bits per heavy atom. The lowest BCUT2D eigenvalue weighted by Gasteiger charge is -2.12. The van der Waals surface area contributed by atoms with Gasteiger partial charge in [0, 0.05) is 11.8 Å². The van der Waals surface area contributed by atoms with Crippen molar-refractivity contribution in [3.05, 3.63) is 59.9 Å². The molecule has 0 radical (unpaired) electrons. The van der Waals surface area contributed by atoms with Gasteiger partial charge >= 0.3 is 0 Å². The third kappa shape index (κ3) is 4.56. The molecule has 1 atom stereocenters. The van der Waals surface area contributed by atoms with E-state index in [1.807, 2.05) is 6.92 Å². The zero-order valence-corrected chi connectivity index (χ0v) is 12.3. The fourth-order valence-corrected chi connectivity index (χ4v) is 2.05. The molecular weight excluding hydrogens is 285 g/mol. The second kappa shape index (κ2) is 7.56. The first-order valence-electron chi connectivity index (χ1n) is 7.04. The highest BCUT2D eigenvalue weighted by Gasteiger charge is 2.14. The van der Waals surface area contributed by atoms with Crippen LogP contribution in [0.2, 0.25) is 0 Å². The average Bonchev–Trinajstić information content (AvgIpc) is 2.47. The van der Waals surface area contributed by atoms with Crippen LogP contribution in [0.25, 0.3) is 0 Å². The van der Waals surface area contributed by atoms with Gasteiger partial charge in [-0.15, -0.1) is 0 Å². The van der Waals surface area contributed by atoms with Crippen molar-refractivity contribution in [2.45, 2.75) is 19.4 Å². The number of ether oxygens (including phenoxy) is 1. The minimum absolute atomic E-state index is 0.150. The first-order chi connectivity index (χ1) is 10.6. The van der Waals surface area contributed by atoms with E-state index in [1.54, 1.807) is 30.3 Å². The summed E-state index contributed by atoms with van der Waals surface area (Å²) in [6.07, 6.45) is -1.20. The van der Waals surface area contributed by atoms with E-state index in [0.29, 0.717) is 23.6 Å². The lowest BCUT2D eigenvalue weighted by molar-refractivity contribution is -0.118. The van der Waals surface area contributed by atoms with Crippen LogP contribution in [0.4, 0.5) is 10.1 Å². The van der Waals surface area contributed by atoms with Crippen LogP contribution in [0.15, 0.2) is 48.5 Å². The summed E-state index contributed by atoms with van der Waals surface area (Å²) in [7, 11) is 0. The zero-order chi connectivity index (χ0) is 15.9. The molecule has 5 heteroatoms. The molecule has 2 rings (SSSR count). The van der Waals surface area contributed by atoms with Gasteiger partial charge in [0.1, 0.15) is 11.6 Å². The predicted molar refractivity (Wildman–Crippen MR) is 82.2 cm³/mol. The van der Waals surface area contributed by atoms with Gasteiger partial charge in [0.15, 0.2) is 0 Å². The van der Waals surface area contributed by atoms with E-state index in [1.165, 1.54) is 18.2 Å². The molecule has 0 aliphatic heterocycles. The van der Waals surface area contributed by atoms with Gasteiger partial charge in [-0.3, -0.25) is 4.79 Å². The molecule has 0 heterocycles. The van der Waals surface area contributed by atoms with Crippen molar-refractivity contribution in [1.29, 1.82) is 0 Å². The molecule has 1 amide bonds. The number of anilines is 1. The van der Waals surface area contributed by atoms with Gasteiger partial charge in [-0.25, -0.2) is 4.39 Å². The lowest BCUT2D eigenvalue weighted by atomic mass is 10.1. The Morgan fingerprint density at radius 3 is 2.77 bits per heavy atom. The first kappa shape index (κ1) is 16.0. The van der Waals surface area contributed by atoms with Crippen LogP contribution >= 0.6 is 0 Å². The van der Waals surface area contributed by atoms with Crippen LogP contribution in [0.5, 0.6) is 5.75 Å². The second-order valence-corrected chi connectivity index (χ2v) is 4.78. The summed E-state index contributed by atoms with van der Waals surface area (Å²) in [4.78, 5) is 11.9. The molecule has 0 aliphatic carbocycles. The van der Waals surface area contributed by atoms with Gasteiger partial charge in [-0.05, 0) is 36.8 Å². The van der Waals surface area contributed by atoms with E-state index in [2.05, 4.69) is 5.32 Å². The Kier molecular flexibility index (Phi) is 5.49. The molecule has 2 aromatic carbocycles. The number of rotatable bonds is 6. The number of hydrogen-bond acceptors (Lipinski definition) is 3. The lowest BCUT2D eigenvalue weighted by Crippen LogP contribution is -2.15. The molecule has 0 spiro atoms. The number of carbonyl (C=O) groups is 1. The van der Waals surface area contributed by atoms with Crippen molar-refractivity contribution in [2.24, 2.45) is 0 Å². The van der Waals surface area contributed by atoms with Gasteiger partial charge in [-0.2, -0.15) is 0 Å². The van der Waals surface area contributed by atoms with Crippen molar-refractivity contribution in [2.75, 3.05) is 11.9 Å². The molecule has 0 saturated heterocycles. The summed E-state index contributed by atoms with van der Waals surface area (Å²) in [5.41, 5.74) is 0.959. The molecule has 0 bridgehead atoms. The Morgan fingerprint density at radius 1 is 1.27 bits per heavy atom. The number of benzene rings is 2. The molecule has 0 saturated carbocycles. The maximum absolute atomic E-state index is 13.1. The molecule has 1 unspecified atom stereocenters. The topological polar surface area (TPSA) is 58.6 Å². The van der Waals surface area contributed by atoms with E-state index in [9.17, 15) is 14.3 Å². The van der Waals surface area contributed by atoms with Crippen molar-refractivity contribution >= 4 is 11.6 Å². The number of carbonyl (C=O) groups excluding carboxylic acids is 1. The number of hydrogen-bond donors (Lipinski definition) is 2. The van der Waals surface area contributed by atoms with Gasteiger partial charge in [0.25, 0.3) is 0 Å². The molecular formula is C17H18FNO3. The molecule has 0 aliphatic rings. The molecule has 0 fully saturated rings. The highest BCUT2D eigenvalue weighted by atomic mass is 19.1. The van der Waals surface area contributed by atoms with Gasteiger partial charge < -0.3 is 15.2 Å². The Bertz CT molecular complexity index is 645. The van der Waals surface area contributed by atoms with E-state index < -0.39 is 11.9 Å². The molecule has 116 valence electrons. The van der Waals surface area contributed by atoms with Crippen LogP contribution in [0.3, 0.4) is 0 Å². The highest BCUT2D eigenvalue weighted by molar-refractivity contribution is 5.91.